The number of nitroso groups, excluding NO2 is 1. The number of hydrogen-bond donors (Lipinski definition) is 1. The van der Waals surface area contributed by atoms with Crippen LogP contribution in [-0.2, 0) is 6.54 Å². The summed E-state index contributed by atoms with van der Waals surface area (Å²) in [4.78, 5) is 11.0. The number of rotatable bonds is 5. The van der Waals surface area contributed by atoms with Crippen LogP contribution < -0.4 is 4.74 Å². The molecule has 0 aliphatic rings. The molecule has 0 radical (unpaired) electrons. The van der Waals surface area contributed by atoms with E-state index in [4.69, 9.17) is 27.9 Å². The van der Waals surface area contributed by atoms with Crippen LogP contribution in [-0.4, -0.2) is 16.3 Å². The van der Waals surface area contributed by atoms with Crippen molar-refractivity contribution in [2.24, 2.45) is 5.18 Å². The second-order valence-corrected chi connectivity index (χ2v) is 6.12. The van der Waals surface area contributed by atoms with Crippen LogP contribution in [0.1, 0.15) is 5.56 Å². The third-order valence-electron chi connectivity index (χ3n) is 3.76. The fraction of sp³-hybridized carbons (Fsp3) is 0.176. The van der Waals surface area contributed by atoms with E-state index in [1.54, 1.807) is 12.1 Å². The van der Waals surface area contributed by atoms with Crippen LogP contribution in [0.2, 0.25) is 10.0 Å². The zero-order valence-corrected chi connectivity index (χ0v) is 14.3. The van der Waals surface area contributed by atoms with Crippen LogP contribution in [0.3, 0.4) is 0 Å². The van der Waals surface area contributed by atoms with Crippen molar-refractivity contribution in [2.45, 2.75) is 13.5 Å². The third kappa shape index (κ3) is 2.92. The summed E-state index contributed by atoms with van der Waals surface area (Å²) in [5, 5.41) is 14.2. The first-order chi connectivity index (χ1) is 11.5. The molecule has 7 heteroatoms. The van der Waals surface area contributed by atoms with E-state index in [9.17, 15) is 10.0 Å². The molecule has 0 atom stereocenters. The van der Waals surface area contributed by atoms with Gasteiger partial charge in [-0.3, -0.25) is 0 Å². The number of ether oxygens (including phenoxy) is 1. The van der Waals surface area contributed by atoms with Gasteiger partial charge in [0.05, 0.1) is 22.1 Å². The van der Waals surface area contributed by atoms with Crippen LogP contribution >= 0.6 is 23.2 Å². The summed E-state index contributed by atoms with van der Waals surface area (Å²) in [6.45, 7) is 2.56. The van der Waals surface area contributed by atoms with Crippen molar-refractivity contribution in [3.63, 3.8) is 0 Å². The first-order valence-electron chi connectivity index (χ1n) is 7.25. The molecule has 0 bridgehead atoms. The lowest BCUT2D eigenvalue weighted by molar-refractivity contribution is 0.290. The number of benzene rings is 2. The van der Waals surface area contributed by atoms with Crippen molar-refractivity contribution in [3.8, 4) is 11.6 Å². The standard InChI is InChI=1S/C17H14Cl2N2O3/c1-10-2-4-11(5-3-10)24-9-8-21-16-12(15(20-23)17(21)22)6-7-13(18)14(16)19/h2-7,22H,8-9H2,1H3. The SMILES string of the molecule is Cc1ccc(OCCn2c(O)c(N=O)c3ccc(Cl)c(Cl)c32)cc1. The lowest BCUT2D eigenvalue weighted by Crippen LogP contribution is -2.08. The molecule has 0 saturated carbocycles. The van der Waals surface area contributed by atoms with Gasteiger partial charge >= 0.3 is 0 Å². The van der Waals surface area contributed by atoms with Crippen LogP contribution in [0, 0.1) is 11.8 Å². The van der Waals surface area contributed by atoms with E-state index < -0.39 is 0 Å². The summed E-state index contributed by atoms with van der Waals surface area (Å²) < 4.78 is 7.15. The van der Waals surface area contributed by atoms with E-state index in [0.29, 0.717) is 15.9 Å². The minimum Gasteiger partial charge on any atom is -0.493 e. The van der Waals surface area contributed by atoms with Crippen molar-refractivity contribution < 1.29 is 9.84 Å². The molecule has 0 aliphatic carbocycles. The molecule has 0 unspecified atom stereocenters. The van der Waals surface area contributed by atoms with Gasteiger partial charge < -0.3 is 14.4 Å². The fourth-order valence-electron chi connectivity index (χ4n) is 2.55. The van der Waals surface area contributed by atoms with Crippen molar-refractivity contribution >= 4 is 39.8 Å². The zero-order chi connectivity index (χ0) is 17.3. The average Bonchev–Trinajstić information content (AvgIpc) is 2.85. The van der Waals surface area contributed by atoms with E-state index in [0.717, 1.165) is 11.3 Å². The van der Waals surface area contributed by atoms with Gasteiger partial charge in [0, 0.05) is 5.39 Å². The Bertz CT molecular complexity index is 905. The molecule has 0 fully saturated rings. The topological polar surface area (TPSA) is 63.8 Å². The summed E-state index contributed by atoms with van der Waals surface area (Å²) in [6.07, 6.45) is 0. The second-order valence-electron chi connectivity index (χ2n) is 5.33. The number of fused-ring (bicyclic) bond motifs is 1. The van der Waals surface area contributed by atoms with E-state index >= 15 is 0 Å². The first-order valence-corrected chi connectivity index (χ1v) is 8.00. The number of nitrogens with zero attached hydrogens (tertiary/aromatic N) is 2. The van der Waals surface area contributed by atoms with E-state index in [2.05, 4.69) is 5.18 Å². The van der Waals surface area contributed by atoms with Crippen molar-refractivity contribution in [2.75, 3.05) is 6.61 Å². The van der Waals surface area contributed by atoms with Gasteiger partial charge in [-0.1, -0.05) is 40.9 Å². The Hall–Kier alpha value is -2.24. The Morgan fingerprint density at radius 2 is 1.88 bits per heavy atom. The van der Waals surface area contributed by atoms with Crippen LogP contribution in [0.25, 0.3) is 10.9 Å². The zero-order valence-electron chi connectivity index (χ0n) is 12.8. The van der Waals surface area contributed by atoms with Gasteiger partial charge in [-0.15, -0.1) is 4.91 Å². The highest BCUT2D eigenvalue weighted by Crippen LogP contribution is 2.43. The van der Waals surface area contributed by atoms with E-state index in [1.165, 1.54) is 4.57 Å². The number of aromatic nitrogens is 1. The van der Waals surface area contributed by atoms with Crippen molar-refractivity contribution in [1.29, 1.82) is 0 Å². The van der Waals surface area contributed by atoms with Gasteiger partial charge in [0.15, 0.2) is 5.69 Å². The predicted molar refractivity (Wildman–Crippen MR) is 95.8 cm³/mol. The highest BCUT2D eigenvalue weighted by atomic mass is 35.5. The number of hydrogen-bond acceptors (Lipinski definition) is 4. The maximum absolute atomic E-state index is 11.0. The summed E-state index contributed by atoms with van der Waals surface area (Å²) in [5.74, 6) is 0.464. The van der Waals surface area contributed by atoms with Crippen LogP contribution in [0.4, 0.5) is 5.69 Å². The van der Waals surface area contributed by atoms with Gasteiger partial charge in [0.1, 0.15) is 12.4 Å². The maximum atomic E-state index is 11.0. The molecule has 1 N–H and O–H groups in total. The Kier molecular flexibility index (Phi) is 4.64. The van der Waals surface area contributed by atoms with Gasteiger partial charge in [0.25, 0.3) is 0 Å². The molecular weight excluding hydrogens is 351 g/mol. The molecule has 3 rings (SSSR count). The second kappa shape index (κ2) is 6.71. The Morgan fingerprint density at radius 1 is 1.17 bits per heavy atom. The van der Waals surface area contributed by atoms with E-state index in [-0.39, 0.29) is 29.7 Å². The average molecular weight is 365 g/mol. The molecular formula is C17H14Cl2N2O3. The maximum Gasteiger partial charge on any atom is 0.222 e. The Morgan fingerprint density at radius 3 is 2.54 bits per heavy atom. The Balaban J connectivity index is 1.91. The highest BCUT2D eigenvalue weighted by Gasteiger charge is 2.21. The molecule has 24 heavy (non-hydrogen) atoms. The molecule has 5 nitrogen and oxygen atoms in total. The van der Waals surface area contributed by atoms with Gasteiger partial charge in [-0.05, 0) is 36.4 Å². The molecule has 0 aliphatic heterocycles. The minimum absolute atomic E-state index is 0.0566. The molecule has 2 aromatic carbocycles. The first kappa shape index (κ1) is 16.6. The highest BCUT2D eigenvalue weighted by molar-refractivity contribution is 6.45. The lowest BCUT2D eigenvalue weighted by atomic mass is 10.2. The summed E-state index contributed by atoms with van der Waals surface area (Å²) >= 11 is 12.3. The number of halogens is 2. The Labute approximate surface area is 148 Å². The van der Waals surface area contributed by atoms with Crippen LogP contribution in [0.5, 0.6) is 11.6 Å². The van der Waals surface area contributed by atoms with E-state index in [1.807, 2.05) is 31.2 Å². The molecule has 3 aromatic rings. The van der Waals surface area contributed by atoms with Crippen molar-refractivity contribution in [3.05, 3.63) is 56.9 Å². The lowest BCUT2D eigenvalue weighted by Gasteiger charge is -2.10. The molecule has 1 aromatic heterocycles. The van der Waals surface area contributed by atoms with Crippen molar-refractivity contribution in [1.82, 2.24) is 4.57 Å². The molecule has 1 heterocycles. The fourth-order valence-corrected chi connectivity index (χ4v) is 2.97. The quantitative estimate of drug-likeness (QED) is 0.613. The normalized spacial score (nSPS) is 11.0. The summed E-state index contributed by atoms with van der Waals surface area (Å²) in [5.41, 5.74) is 1.54. The predicted octanol–water partition coefficient (Wildman–Crippen LogP) is 5.44. The monoisotopic (exact) mass is 364 g/mol. The number of aromatic hydroxyl groups is 1. The van der Waals surface area contributed by atoms with Gasteiger partial charge in [0.2, 0.25) is 5.88 Å². The minimum atomic E-state index is -0.253. The number of aryl methyl sites for hydroxylation is 1. The summed E-state index contributed by atoms with van der Waals surface area (Å²) in [6, 6.07) is 10.8. The van der Waals surface area contributed by atoms with Crippen LogP contribution in [0.15, 0.2) is 41.6 Å². The van der Waals surface area contributed by atoms with Gasteiger partial charge in [-0.25, -0.2) is 0 Å². The smallest absolute Gasteiger partial charge is 0.222 e. The third-order valence-corrected chi connectivity index (χ3v) is 4.55. The molecule has 0 saturated heterocycles. The molecule has 124 valence electrons. The largest absolute Gasteiger partial charge is 0.493 e. The molecule has 0 spiro atoms. The van der Waals surface area contributed by atoms with Gasteiger partial charge in [-0.2, -0.15) is 0 Å². The summed E-state index contributed by atoms with van der Waals surface area (Å²) in [7, 11) is 0. The molecule has 0 amide bonds.